The molecule has 116 valence electrons. The lowest BCUT2D eigenvalue weighted by Crippen LogP contribution is -2.28. The lowest BCUT2D eigenvalue weighted by atomic mass is 9.79. The lowest BCUT2D eigenvalue weighted by Gasteiger charge is -2.32. The number of hydrogen-bond donors (Lipinski definition) is 1. The van der Waals surface area contributed by atoms with Gasteiger partial charge in [0.2, 0.25) is 0 Å². The first-order valence-corrected chi connectivity index (χ1v) is 8.03. The van der Waals surface area contributed by atoms with Crippen LogP contribution in [0, 0.1) is 11.8 Å². The van der Waals surface area contributed by atoms with Crippen molar-refractivity contribution in [3.05, 3.63) is 28.8 Å². The number of carbonyl (C=O) groups excluding carboxylic acids is 1. The Kier molecular flexibility index (Phi) is 5.51. The molecule has 1 saturated carbocycles. The van der Waals surface area contributed by atoms with Gasteiger partial charge in [-0.15, -0.1) is 0 Å². The van der Waals surface area contributed by atoms with E-state index in [2.05, 4.69) is 19.2 Å². The summed E-state index contributed by atoms with van der Waals surface area (Å²) in [4.78, 5) is 11.8. The van der Waals surface area contributed by atoms with Crippen LogP contribution in [0.3, 0.4) is 0 Å². The molecule has 3 nitrogen and oxygen atoms in total. The predicted octanol–water partition coefficient (Wildman–Crippen LogP) is 4.75. The van der Waals surface area contributed by atoms with Crippen molar-refractivity contribution in [2.45, 2.75) is 45.6 Å². The maximum Gasteiger partial charge on any atom is 0.339 e. The van der Waals surface area contributed by atoms with Gasteiger partial charge in [0.05, 0.1) is 18.4 Å². The van der Waals surface area contributed by atoms with E-state index in [1.165, 1.54) is 20.0 Å². The van der Waals surface area contributed by atoms with Gasteiger partial charge in [-0.05, 0) is 55.7 Å². The number of methoxy groups -OCH3 is 1. The van der Waals surface area contributed by atoms with Crippen molar-refractivity contribution in [3.63, 3.8) is 0 Å². The largest absolute Gasteiger partial charge is 0.465 e. The second-order valence-corrected chi connectivity index (χ2v) is 6.62. The summed E-state index contributed by atoms with van der Waals surface area (Å²) in [6.45, 7) is 4.59. The summed E-state index contributed by atoms with van der Waals surface area (Å²) in [6.07, 6.45) is 4.75. The van der Waals surface area contributed by atoms with Gasteiger partial charge < -0.3 is 10.1 Å². The molecule has 2 rings (SSSR count). The third-order valence-corrected chi connectivity index (χ3v) is 4.70. The first-order chi connectivity index (χ1) is 10.0. The second kappa shape index (κ2) is 7.17. The monoisotopic (exact) mass is 309 g/mol. The Bertz CT molecular complexity index is 494. The molecule has 1 aromatic carbocycles. The zero-order valence-electron chi connectivity index (χ0n) is 13.0. The predicted molar refractivity (Wildman–Crippen MR) is 87.0 cm³/mol. The molecule has 1 aliphatic carbocycles. The number of esters is 1. The summed E-state index contributed by atoms with van der Waals surface area (Å²) < 4.78 is 4.83. The molecule has 0 bridgehead atoms. The zero-order chi connectivity index (χ0) is 15.4. The fraction of sp³-hybridized carbons (Fsp3) is 0.588. The zero-order valence-corrected chi connectivity index (χ0v) is 13.7. The van der Waals surface area contributed by atoms with Gasteiger partial charge in [0.15, 0.2) is 0 Å². The molecular weight excluding hydrogens is 286 g/mol. The van der Waals surface area contributed by atoms with Gasteiger partial charge in [0.1, 0.15) is 0 Å². The highest BCUT2D eigenvalue weighted by molar-refractivity contribution is 6.31. The van der Waals surface area contributed by atoms with E-state index in [0.717, 1.165) is 30.4 Å². The summed E-state index contributed by atoms with van der Waals surface area (Å²) in [5.41, 5.74) is 1.33. The fourth-order valence-electron chi connectivity index (χ4n) is 3.07. The van der Waals surface area contributed by atoms with Crippen molar-refractivity contribution in [2.24, 2.45) is 11.8 Å². The quantitative estimate of drug-likeness (QED) is 0.815. The molecular formula is C17H24ClNO2. The van der Waals surface area contributed by atoms with Crippen LogP contribution in [0.1, 0.15) is 49.9 Å². The van der Waals surface area contributed by atoms with Crippen LogP contribution < -0.4 is 5.32 Å². The summed E-state index contributed by atoms with van der Waals surface area (Å²) in [7, 11) is 1.40. The van der Waals surface area contributed by atoms with E-state index in [0.29, 0.717) is 16.6 Å². The molecule has 1 aromatic rings. The average Bonchev–Trinajstić information content (AvgIpc) is 2.47. The van der Waals surface area contributed by atoms with Crippen LogP contribution in [-0.2, 0) is 4.74 Å². The minimum atomic E-state index is -0.329. The number of ether oxygens (including phenoxy) is 1. The van der Waals surface area contributed by atoms with Crippen molar-refractivity contribution in [3.8, 4) is 0 Å². The third kappa shape index (κ3) is 4.13. The second-order valence-electron chi connectivity index (χ2n) is 6.18. The van der Waals surface area contributed by atoms with E-state index >= 15 is 0 Å². The molecule has 0 atom stereocenters. The topological polar surface area (TPSA) is 38.3 Å². The summed E-state index contributed by atoms with van der Waals surface area (Å²) in [5, 5.41) is 4.11. The molecule has 0 unspecified atom stereocenters. The van der Waals surface area contributed by atoms with Crippen LogP contribution in [0.5, 0.6) is 0 Å². The molecule has 1 fully saturated rings. The van der Waals surface area contributed by atoms with Crippen molar-refractivity contribution in [1.82, 2.24) is 0 Å². The van der Waals surface area contributed by atoms with Crippen LogP contribution >= 0.6 is 11.6 Å². The minimum Gasteiger partial charge on any atom is -0.465 e. The maximum absolute atomic E-state index is 11.8. The molecule has 0 aromatic heterocycles. The normalized spacial score (nSPS) is 22.1. The number of anilines is 1. The molecule has 0 saturated heterocycles. The summed E-state index contributed by atoms with van der Waals surface area (Å²) in [6, 6.07) is 5.65. The number of hydrogen-bond acceptors (Lipinski definition) is 3. The number of nitrogens with one attached hydrogen (secondary N) is 1. The van der Waals surface area contributed by atoms with Crippen molar-refractivity contribution in [1.29, 1.82) is 0 Å². The fourth-order valence-corrected chi connectivity index (χ4v) is 3.25. The standard InChI is InChI=1S/C17H24ClNO2/c1-11(2)12-4-7-14(8-5-12)19-16-10-13(18)6-9-15(16)17(20)21-3/h6,9-12,14,19H,4-5,7-8H2,1-3H3. The molecule has 0 heterocycles. The number of rotatable bonds is 4. The molecule has 0 radical (unpaired) electrons. The molecule has 0 aliphatic heterocycles. The first kappa shape index (κ1) is 16.2. The van der Waals surface area contributed by atoms with Crippen molar-refractivity contribution in [2.75, 3.05) is 12.4 Å². The highest BCUT2D eigenvalue weighted by atomic mass is 35.5. The highest BCUT2D eigenvalue weighted by Gasteiger charge is 2.24. The number of carbonyl (C=O) groups is 1. The highest BCUT2D eigenvalue weighted by Crippen LogP contribution is 2.32. The smallest absolute Gasteiger partial charge is 0.339 e. The Hall–Kier alpha value is -1.22. The van der Waals surface area contributed by atoms with Crippen LogP contribution in [0.2, 0.25) is 5.02 Å². The Labute approximate surface area is 132 Å². The Morgan fingerprint density at radius 3 is 2.52 bits per heavy atom. The number of halogens is 1. The van der Waals surface area contributed by atoms with Gasteiger partial charge in [-0.3, -0.25) is 0 Å². The minimum absolute atomic E-state index is 0.329. The van der Waals surface area contributed by atoms with Gasteiger partial charge in [0.25, 0.3) is 0 Å². The van der Waals surface area contributed by atoms with E-state index in [-0.39, 0.29) is 5.97 Å². The van der Waals surface area contributed by atoms with Crippen molar-refractivity contribution >= 4 is 23.3 Å². The van der Waals surface area contributed by atoms with Crippen LogP contribution in [0.15, 0.2) is 18.2 Å². The first-order valence-electron chi connectivity index (χ1n) is 7.65. The average molecular weight is 310 g/mol. The van der Waals surface area contributed by atoms with E-state index in [1.54, 1.807) is 12.1 Å². The van der Waals surface area contributed by atoms with Crippen LogP contribution in [0.4, 0.5) is 5.69 Å². The molecule has 1 aliphatic rings. The van der Waals surface area contributed by atoms with E-state index in [9.17, 15) is 4.79 Å². The van der Waals surface area contributed by atoms with Gasteiger partial charge >= 0.3 is 5.97 Å². The molecule has 0 spiro atoms. The Morgan fingerprint density at radius 1 is 1.29 bits per heavy atom. The van der Waals surface area contributed by atoms with Crippen LogP contribution in [-0.4, -0.2) is 19.1 Å². The van der Waals surface area contributed by atoms with Crippen LogP contribution in [0.25, 0.3) is 0 Å². The molecule has 0 amide bonds. The van der Waals surface area contributed by atoms with Gasteiger partial charge in [-0.1, -0.05) is 25.4 Å². The van der Waals surface area contributed by atoms with E-state index < -0.39 is 0 Å². The Morgan fingerprint density at radius 2 is 1.95 bits per heavy atom. The van der Waals surface area contributed by atoms with Gasteiger partial charge in [0, 0.05) is 11.1 Å². The molecule has 21 heavy (non-hydrogen) atoms. The Balaban J connectivity index is 2.06. The summed E-state index contributed by atoms with van der Waals surface area (Å²) >= 11 is 6.06. The lowest BCUT2D eigenvalue weighted by molar-refractivity contribution is 0.0601. The van der Waals surface area contributed by atoms with E-state index in [4.69, 9.17) is 16.3 Å². The van der Waals surface area contributed by atoms with Crippen molar-refractivity contribution < 1.29 is 9.53 Å². The maximum atomic E-state index is 11.8. The number of benzene rings is 1. The molecule has 4 heteroatoms. The van der Waals surface area contributed by atoms with Gasteiger partial charge in [-0.2, -0.15) is 0 Å². The third-order valence-electron chi connectivity index (χ3n) is 4.46. The van der Waals surface area contributed by atoms with E-state index in [1.807, 2.05) is 6.07 Å². The molecule has 1 N–H and O–H groups in total. The summed E-state index contributed by atoms with van der Waals surface area (Å²) in [5.74, 6) is 1.25. The van der Waals surface area contributed by atoms with Gasteiger partial charge in [-0.25, -0.2) is 4.79 Å². The SMILES string of the molecule is COC(=O)c1ccc(Cl)cc1NC1CCC(C(C)C)CC1.